The molecule has 8 nitrogen and oxygen atoms in total. The summed E-state index contributed by atoms with van der Waals surface area (Å²) in [6.07, 6.45) is 1.10. The van der Waals surface area contributed by atoms with Crippen LogP contribution in [0.5, 0.6) is 6.01 Å². The lowest BCUT2D eigenvalue weighted by Crippen LogP contribution is -2.37. The summed E-state index contributed by atoms with van der Waals surface area (Å²) in [7, 11) is 0. The Hall–Kier alpha value is -3.75. The van der Waals surface area contributed by atoms with Crippen LogP contribution in [0.25, 0.3) is 17.1 Å². The van der Waals surface area contributed by atoms with E-state index in [1.807, 2.05) is 60.8 Å². The Kier molecular flexibility index (Phi) is 6.51. The van der Waals surface area contributed by atoms with Gasteiger partial charge in [0.15, 0.2) is 5.82 Å². The Bertz CT molecular complexity index is 1240. The van der Waals surface area contributed by atoms with Crippen molar-refractivity contribution in [3.8, 4) is 23.1 Å². The smallest absolute Gasteiger partial charge is 0.320 e. The molecule has 1 aliphatic heterocycles. The van der Waals surface area contributed by atoms with Crippen LogP contribution in [0, 0.1) is 6.92 Å². The molecule has 1 atom stereocenters. The zero-order valence-corrected chi connectivity index (χ0v) is 19.0. The van der Waals surface area contributed by atoms with Crippen molar-refractivity contribution in [2.45, 2.75) is 13.0 Å². The predicted molar refractivity (Wildman–Crippen MR) is 129 cm³/mol. The summed E-state index contributed by atoms with van der Waals surface area (Å²) in [5.74, 6) is 1.34. The molecule has 34 heavy (non-hydrogen) atoms. The molecule has 5 rings (SSSR count). The average molecular weight is 458 g/mol. The highest BCUT2D eigenvalue weighted by Gasteiger charge is 2.18. The summed E-state index contributed by atoms with van der Waals surface area (Å²) in [5.41, 5.74) is 3.86. The monoisotopic (exact) mass is 457 g/mol. The molecule has 0 amide bonds. The molecule has 174 valence electrons. The van der Waals surface area contributed by atoms with Gasteiger partial charge in [-0.2, -0.15) is 15.1 Å². The number of anilines is 1. The number of benzene rings is 2. The number of aliphatic hydroxyl groups is 1. The predicted octanol–water partition coefficient (Wildman–Crippen LogP) is 3.59. The maximum Gasteiger partial charge on any atom is 0.320 e. The minimum absolute atomic E-state index is 0.0453. The van der Waals surface area contributed by atoms with Gasteiger partial charge in [-0.25, -0.2) is 4.68 Å². The number of morpholine rings is 1. The molecule has 0 spiro atoms. The zero-order chi connectivity index (χ0) is 23.3. The van der Waals surface area contributed by atoms with Crippen molar-refractivity contribution in [2.24, 2.45) is 0 Å². The first kappa shape index (κ1) is 22.1. The highest BCUT2D eigenvalue weighted by molar-refractivity contribution is 5.60. The molecule has 8 heteroatoms. The molecule has 1 fully saturated rings. The van der Waals surface area contributed by atoms with Gasteiger partial charge in [-0.1, -0.05) is 54.1 Å². The molecule has 2 aromatic heterocycles. The van der Waals surface area contributed by atoms with Crippen LogP contribution in [0.4, 0.5) is 5.82 Å². The second kappa shape index (κ2) is 10.0. The Morgan fingerprint density at radius 1 is 0.971 bits per heavy atom. The lowest BCUT2D eigenvalue weighted by molar-refractivity contribution is 0.102. The van der Waals surface area contributed by atoms with Crippen LogP contribution in [0.3, 0.4) is 0 Å². The summed E-state index contributed by atoms with van der Waals surface area (Å²) < 4.78 is 13.1. The van der Waals surface area contributed by atoms with Crippen molar-refractivity contribution in [1.29, 1.82) is 0 Å². The van der Waals surface area contributed by atoms with Crippen molar-refractivity contribution < 1.29 is 14.6 Å². The van der Waals surface area contributed by atoms with Crippen LogP contribution < -0.4 is 9.64 Å². The third-order valence-electron chi connectivity index (χ3n) is 5.71. The second-order valence-corrected chi connectivity index (χ2v) is 8.22. The second-order valence-electron chi connectivity index (χ2n) is 8.22. The Morgan fingerprint density at radius 3 is 2.56 bits per heavy atom. The Balaban J connectivity index is 1.43. The van der Waals surface area contributed by atoms with Crippen LogP contribution in [0.2, 0.25) is 0 Å². The van der Waals surface area contributed by atoms with Gasteiger partial charge in [-0.3, -0.25) is 0 Å². The van der Waals surface area contributed by atoms with Crippen molar-refractivity contribution >= 4 is 5.82 Å². The van der Waals surface area contributed by atoms with E-state index in [0.717, 1.165) is 35.7 Å². The highest BCUT2D eigenvalue weighted by Crippen LogP contribution is 2.23. The summed E-state index contributed by atoms with van der Waals surface area (Å²) >= 11 is 0. The number of aryl methyl sites for hydroxylation is 1. The quantitative estimate of drug-likeness (QED) is 0.454. The first-order chi connectivity index (χ1) is 16.7. The molecule has 4 aromatic rings. The van der Waals surface area contributed by atoms with E-state index in [2.05, 4.69) is 33.9 Å². The summed E-state index contributed by atoms with van der Waals surface area (Å²) in [6.45, 7) is 4.85. The number of hydrogen-bond acceptors (Lipinski definition) is 7. The number of ether oxygens (including phenoxy) is 2. The molecule has 1 unspecified atom stereocenters. The van der Waals surface area contributed by atoms with E-state index in [4.69, 9.17) is 14.6 Å². The van der Waals surface area contributed by atoms with Gasteiger partial charge in [-0.15, -0.1) is 0 Å². The third kappa shape index (κ3) is 5.08. The normalized spacial score (nSPS) is 14.7. The summed E-state index contributed by atoms with van der Waals surface area (Å²) in [5, 5.41) is 15.3. The molecule has 1 saturated heterocycles. The van der Waals surface area contributed by atoms with E-state index in [9.17, 15) is 5.11 Å². The lowest BCUT2D eigenvalue weighted by Gasteiger charge is -2.28. The van der Waals surface area contributed by atoms with Crippen molar-refractivity contribution in [3.05, 3.63) is 84.1 Å². The fourth-order valence-electron chi connectivity index (χ4n) is 3.87. The van der Waals surface area contributed by atoms with Gasteiger partial charge in [0.05, 0.1) is 18.9 Å². The highest BCUT2D eigenvalue weighted by atomic mass is 16.5. The molecule has 2 aromatic carbocycles. The SMILES string of the molecule is Cc1cccc(-c2ccn(-c3cc(N4CCOCC4)nc(OCC(O)c4ccccc4)n3)n2)c1. The van der Waals surface area contributed by atoms with Gasteiger partial charge < -0.3 is 19.5 Å². The fraction of sp³-hybridized carbons (Fsp3) is 0.269. The Labute approximate surface area is 198 Å². The van der Waals surface area contributed by atoms with Crippen LogP contribution in [0.15, 0.2) is 72.9 Å². The maximum atomic E-state index is 10.5. The van der Waals surface area contributed by atoms with Crippen LogP contribution in [-0.4, -0.2) is 57.8 Å². The number of aliphatic hydroxyl groups excluding tert-OH is 1. The number of nitrogens with zero attached hydrogens (tertiary/aromatic N) is 5. The van der Waals surface area contributed by atoms with Crippen LogP contribution in [-0.2, 0) is 4.74 Å². The molecule has 3 heterocycles. The zero-order valence-electron chi connectivity index (χ0n) is 19.0. The molecule has 0 saturated carbocycles. The topological polar surface area (TPSA) is 85.5 Å². The van der Waals surface area contributed by atoms with Gasteiger partial charge >= 0.3 is 6.01 Å². The summed E-state index contributed by atoms with van der Waals surface area (Å²) in [4.78, 5) is 11.3. The third-order valence-corrected chi connectivity index (χ3v) is 5.71. The van der Waals surface area contributed by atoms with Gasteiger partial charge in [0.25, 0.3) is 0 Å². The van der Waals surface area contributed by atoms with Gasteiger partial charge in [0, 0.05) is 30.9 Å². The van der Waals surface area contributed by atoms with Crippen molar-refractivity contribution in [1.82, 2.24) is 19.7 Å². The lowest BCUT2D eigenvalue weighted by atomic mass is 10.1. The first-order valence-electron chi connectivity index (χ1n) is 11.4. The van der Waals surface area contributed by atoms with E-state index in [-0.39, 0.29) is 12.6 Å². The number of rotatable bonds is 7. The molecule has 0 radical (unpaired) electrons. The Morgan fingerprint density at radius 2 is 1.76 bits per heavy atom. The minimum Gasteiger partial charge on any atom is -0.460 e. The molecule has 1 N–H and O–H groups in total. The average Bonchev–Trinajstić information content (AvgIpc) is 3.39. The van der Waals surface area contributed by atoms with Gasteiger partial charge in [0.1, 0.15) is 18.5 Å². The number of hydrogen-bond donors (Lipinski definition) is 1. The van der Waals surface area contributed by atoms with Crippen molar-refractivity contribution in [2.75, 3.05) is 37.8 Å². The van der Waals surface area contributed by atoms with Crippen LogP contribution >= 0.6 is 0 Å². The maximum absolute atomic E-state index is 10.5. The molecule has 1 aliphatic rings. The molecule has 0 bridgehead atoms. The number of aromatic nitrogens is 4. The van der Waals surface area contributed by atoms with Gasteiger partial charge in [-0.05, 0) is 24.6 Å². The molecular weight excluding hydrogens is 430 g/mol. The van der Waals surface area contributed by atoms with Gasteiger partial charge in [0.2, 0.25) is 0 Å². The van der Waals surface area contributed by atoms with Crippen LogP contribution in [0.1, 0.15) is 17.2 Å². The van der Waals surface area contributed by atoms with E-state index >= 15 is 0 Å². The van der Waals surface area contributed by atoms with E-state index < -0.39 is 6.10 Å². The fourth-order valence-corrected chi connectivity index (χ4v) is 3.87. The first-order valence-corrected chi connectivity index (χ1v) is 11.4. The van der Waals surface area contributed by atoms with E-state index in [0.29, 0.717) is 19.0 Å². The van der Waals surface area contributed by atoms with E-state index in [1.54, 1.807) is 4.68 Å². The summed E-state index contributed by atoms with van der Waals surface area (Å²) in [6, 6.07) is 21.7. The minimum atomic E-state index is -0.780. The van der Waals surface area contributed by atoms with E-state index in [1.165, 1.54) is 5.56 Å². The molecule has 0 aliphatic carbocycles. The standard InChI is InChI=1S/C26H27N5O3/c1-19-6-5-9-21(16-19)22-10-11-31(29-22)25-17-24(30-12-14-33-15-13-30)27-26(28-25)34-18-23(32)20-7-3-2-4-8-20/h2-11,16-17,23,32H,12-15,18H2,1H3. The largest absolute Gasteiger partial charge is 0.460 e. The molecular formula is C26H27N5O3. The van der Waals surface area contributed by atoms with Crippen molar-refractivity contribution in [3.63, 3.8) is 0 Å².